The third-order valence-corrected chi connectivity index (χ3v) is 3.69. The molecular weight excluding hydrogens is 242 g/mol. The third kappa shape index (κ3) is 3.82. The summed E-state index contributed by atoms with van der Waals surface area (Å²) in [6.07, 6.45) is 2.91. The Bertz CT molecular complexity index is 392. The van der Waals surface area contributed by atoms with E-state index in [4.69, 9.17) is 0 Å². The summed E-state index contributed by atoms with van der Waals surface area (Å²) in [5.74, 6) is 2.06. The van der Waals surface area contributed by atoms with Gasteiger partial charge in [0.1, 0.15) is 0 Å². The molecular formula is C9H11N5S2. The molecule has 2 aromatic heterocycles. The third-order valence-electron chi connectivity index (χ3n) is 1.73. The minimum Gasteiger partial charge on any atom is -0.250 e. The van der Waals surface area contributed by atoms with E-state index in [-0.39, 0.29) is 0 Å². The first kappa shape index (κ1) is 11.4. The molecule has 2 heterocycles. The Kier molecular flexibility index (Phi) is 4.63. The normalized spacial score (nSPS) is 10.5. The maximum atomic E-state index is 4.24. The minimum atomic E-state index is 0.711. The van der Waals surface area contributed by atoms with Crippen molar-refractivity contribution < 1.29 is 0 Å². The smallest absolute Gasteiger partial charge is 0.230 e. The molecule has 0 saturated carbocycles. The van der Waals surface area contributed by atoms with Crippen LogP contribution in [0.3, 0.4) is 0 Å². The fraction of sp³-hybridized carbons (Fsp3) is 0.333. The van der Waals surface area contributed by atoms with Crippen LogP contribution in [-0.2, 0) is 0 Å². The lowest BCUT2D eigenvalue weighted by molar-refractivity contribution is 0.881. The molecule has 0 fully saturated rings. The number of thioether (sulfide) groups is 2. The van der Waals surface area contributed by atoms with Gasteiger partial charge in [-0.3, -0.25) is 0 Å². The van der Waals surface area contributed by atoms with E-state index in [9.17, 15) is 0 Å². The van der Waals surface area contributed by atoms with Gasteiger partial charge < -0.3 is 0 Å². The van der Waals surface area contributed by atoms with E-state index in [1.807, 2.05) is 24.4 Å². The molecule has 0 saturated heterocycles. The quantitative estimate of drug-likeness (QED) is 0.626. The number of nitrogens with zero attached hydrogens (tertiary/aromatic N) is 4. The molecule has 16 heavy (non-hydrogen) atoms. The van der Waals surface area contributed by atoms with Crippen molar-refractivity contribution in [3.8, 4) is 0 Å². The molecule has 2 aromatic rings. The van der Waals surface area contributed by atoms with E-state index in [1.54, 1.807) is 23.5 Å². The van der Waals surface area contributed by atoms with Gasteiger partial charge in [-0.2, -0.15) is 5.21 Å². The second-order valence-corrected chi connectivity index (χ2v) is 5.09. The zero-order chi connectivity index (χ0) is 11.1. The Hall–Kier alpha value is -1.08. The highest BCUT2D eigenvalue weighted by molar-refractivity contribution is 8.00. The number of nitrogens with one attached hydrogen (secondary N) is 1. The van der Waals surface area contributed by atoms with Crippen LogP contribution < -0.4 is 0 Å². The standard InChI is InChI=1S/C9H11N5S2/c1-2-5-10-8(4-1)15-6-3-7-16-9-11-13-14-12-9/h1-2,4-5H,3,6-7H2,(H,11,12,13,14). The zero-order valence-electron chi connectivity index (χ0n) is 8.54. The topological polar surface area (TPSA) is 67.3 Å². The lowest BCUT2D eigenvalue weighted by Crippen LogP contribution is -1.86. The van der Waals surface area contributed by atoms with E-state index in [2.05, 4.69) is 25.6 Å². The van der Waals surface area contributed by atoms with Gasteiger partial charge in [-0.15, -0.1) is 22.0 Å². The summed E-state index contributed by atoms with van der Waals surface area (Å²) in [6, 6.07) is 5.95. The van der Waals surface area contributed by atoms with Crippen LogP contribution in [-0.4, -0.2) is 37.1 Å². The first-order valence-corrected chi connectivity index (χ1v) is 6.82. The maximum Gasteiger partial charge on any atom is 0.230 e. The Balaban J connectivity index is 1.59. The van der Waals surface area contributed by atoms with Crippen LogP contribution in [0.15, 0.2) is 34.6 Å². The SMILES string of the molecule is c1ccc(SCCCSc2nn[nH]n2)nc1. The molecule has 0 atom stereocenters. The Morgan fingerprint density at radius 2 is 2.12 bits per heavy atom. The number of tetrazole rings is 1. The van der Waals surface area contributed by atoms with Crippen molar-refractivity contribution in [3.05, 3.63) is 24.4 Å². The molecule has 0 aromatic carbocycles. The second-order valence-electron chi connectivity index (χ2n) is 2.91. The van der Waals surface area contributed by atoms with Gasteiger partial charge in [0.2, 0.25) is 5.16 Å². The number of hydrogen-bond donors (Lipinski definition) is 1. The van der Waals surface area contributed by atoms with Crippen LogP contribution in [0.1, 0.15) is 6.42 Å². The summed E-state index contributed by atoms with van der Waals surface area (Å²) in [5.41, 5.74) is 0. The summed E-state index contributed by atoms with van der Waals surface area (Å²) in [4.78, 5) is 4.24. The fourth-order valence-electron chi connectivity index (χ4n) is 1.05. The highest BCUT2D eigenvalue weighted by Crippen LogP contribution is 2.18. The van der Waals surface area contributed by atoms with Gasteiger partial charge in [0.25, 0.3) is 0 Å². The predicted octanol–water partition coefficient (Wildman–Crippen LogP) is 1.87. The molecule has 1 N–H and O–H groups in total. The number of aromatic amines is 1. The monoisotopic (exact) mass is 253 g/mol. The summed E-state index contributed by atoms with van der Waals surface area (Å²) in [6.45, 7) is 0. The molecule has 0 radical (unpaired) electrons. The molecule has 7 heteroatoms. The van der Waals surface area contributed by atoms with Crippen LogP contribution in [0.5, 0.6) is 0 Å². The molecule has 5 nitrogen and oxygen atoms in total. The van der Waals surface area contributed by atoms with Crippen LogP contribution in [0.25, 0.3) is 0 Å². The van der Waals surface area contributed by atoms with Crippen molar-refractivity contribution in [2.24, 2.45) is 0 Å². The van der Waals surface area contributed by atoms with Gasteiger partial charge in [0, 0.05) is 17.7 Å². The molecule has 0 unspecified atom stereocenters. The lowest BCUT2D eigenvalue weighted by Gasteiger charge is -1.98. The Morgan fingerprint density at radius 1 is 1.19 bits per heavy atom. The van der Waals surface area contributed by atoms with Gasteiger partial charge in [-0.1, -0.05) is 17.8 Å². The average Bonchev–Trinajstić information content (AvgIpc) is 2.83. The van der Waals surface area contributed by atoms with E-state index < -0.39 is 0 Å². The molecule has 0 aliphatic heterocycles. The molecule has 0 aliphatic rings. The van der Waals surface area contributed by atoms with Crippen molar-refractivity contribution in [2.45, 2.75) is 16.6 Å². The van der Waals surface area contributed by atoms with Crippen molar-refractivity contribution >= 4 is 23.5 Å². The molecule has 84 valence electrons. The molecule has 2 rings (SSSR count). The van der Waals surface area contributed by atoms with E-state index >= 15 is 0 Å². The summed E-state index contributed by atoms with van der Waals surface area (Å²) in [7, 11) is 0. The molecule has 0 spiro atoms. The van der Waals surface area contributed by atoms with E-state index in [1.165, 1.54) is 0 Å². The molecule has 0 amide bonds. The Morgan fingerprint density at radius 3 is 2.88 bits per heavy atom. The number of H-pyrrole nitrogens is 1. The second kappa shape index (κ2) is 6.49. The molecule has 0 bridgehead atoms. The van der Waals surface area contributed by atoms with Gasteiger partial charge in [-0.25, -0.2) is 4.98 Å². The van der Waals surface area contributed by atoms with Gasteiger partial charge in [0.15, 0.2) is 0 Å². The fourth-order valence-corrected chi connectivity index (χ4v) is 2.71. The Labute approximate surface area is 102 Å². The van der Waals surface area contributed by atoms with E-state index in [0.717, 1.165) is 23.0 Å². The maximum absolute atomic E-state index is 4.24. The number of aromatic nitrogens is 5. The van der Waals surface area contributed by atoms with Crippen LogP contribution in [0, 0.1) is 0 Å². The van der Waals surface area contributed by atoms with E-state index in [0.29, 0.717) is 5.16 Å². The summed E-state index contributed by atoms with van der Waals surface area (Å²) in [5, 5.41) is 15.5. The number of hydrogen-bond acceptors (Lipinski definition) is 6. The summed E-state index contributed by atoms with van der Waals surface area (Å²) >= 11 is 3.38. The number of rotatable bonds is 6. The van der Waals surface area contributed by atoms with Crippen molar-refractivity contribution in [1.82, 2.24) is 25.6 Å². The van der Waals surface area contributed by atoms with Crippen LogP contribution in [0.4, 0.5) is 0 Å². The average molecular weight is 253 g/mol. The van der Waals surface area contributed by atoms with Gasteiger partial charge in [0.05, 0.1) is 5.03 Å². The molecule has 0 aliphatic carbocycles. The van der Waals surface area contributed by atoms with Crippen molar-refractivity contribution in [2.75, 3.05) is 11.5 Å². The first-order valence-electron chi connectivity index (χ1n) is 4.85. The highest BCUT2D eigenvalue weighted by atomic mass is 32.2. The largest absolute Gasteiger partial charge is 0.250 e. The zero-order valence-corrected chi connectivity index (χ0v) is 10.2. The summed E-state index contributed by atoms with van der Waals surface area (Å²) < 4.78 is 0. The van der Waals surface area contributed by atoms with Crippen molar-refractivity contribution in [3.63, 3.8) is 0 Å². The van der Waals surface area contributed by atoms with Crippen molar-refractivity contribution in [1.29, 1.82) is 0 Å². The lowest BCUT2D eigenvalue weighted by atomic mass is 10.5. The van der Waals surface area contributed by atoms with Gasteiger partial charge in [-0.05, 0) is 23.8 Å². The van der Waals surface area contributed by atoms with Gasteiger partial charge >= 0.3 is 0 Å². The highest BCUT2D eigenvalue weighted by Gasteiger charge is 1.99. The minimum absolute atomic E-state index is 0.711. The van der Waals surface area contributed by atoms with Crippen LogP contribution >= 0.6 is 23.5 Å². The van der Waals surface area contributed by atoms with Crippen LogP contribution in [0.2, 0.25) is 0 Å². The number of pyridine rings is 1. The predicted molar refractivity (Wildman–Crippen MR) is 64.5 cm³/mol. The first-order chi connectivity index (χ1) is 7.95.